The molecule has 7 nitrogen and oxygen atoms in total. The summed E-state index contributed by atoms with van der Waals surface area (Å²) in [7, 11) is 0. The Morgan fingerprint density at radius 3 is 2.86 bits per heavy atom. The SMILES string of the molecule is C[C@H](CNC(=O)Cn1nc2ccccn2c1=O)N1CCCC1. The number of nitrogens with one attached hydrogen (secondary N) is 1. The molecular weight excluding hydrogens is 282 g/mol. The van der Waals surface area contributed by atoms with E-state index in [9.17, 15) is 9.59 Å². The van der Waals surface area contributed by atoms with Gasteiger partial charge in [0.1, 0.15) is 6.54 Å². The van der Waals surface area contributed by atoms with Gasteiger partial charge in [0.15, 0.2) is 5.65 Å². The zero-order valence-corrected chi connectivity index (χ0v) is 12.7. The average molecular weight is 303 g/mol. The Morgan fingerprint density at radius 1 is 1.36 bits per heavy atom. The van der Waals surface area contributed by atoms with E-state index in [2.05, 4.69) is 22.2 Å². The normalized spacial score (nSPS) is 17.0. The van der Waals surface area contributed by atoms with Crippen molar-refractivity contribution in [2.24, 2.45) is 0 Å². The fraction of sp³-hybridized carbons (Fsp3) is 0.533. The van der Waals surface area contributed by atoms with Crippen LogP contribution in [0.5, 0.6) is 0 Å². The molecule has 1 aliphatic heterocycles. The fourth-order valence-electron chi connectivity index (χ4n) is 2.84. The van der Waals surface area contributed by atoms with Gasteiger partial charge in [-0.05, 0) is 45.0 Å². The van der Waals surface area contributed by atoms with Gasteiger partial charge in [-0.2, -0.15) is 0 Å². The Balaban J connectivity index is 1.58. The van der Waals surface area contributed by atoms with Crippen LogP contribution in [0.25, 0.3) is 5.65 Å². The van der Waals surface area contributed by atoms with Crippen molar-refractivity contribution in [3.8, 4) is 0 Å². The van der Waals surface area contributed by atoms with Crippen LogP contribution < -0.4 is 11.0 Å². The summed E-state index contributed by atoms with van der Waals surface area (Å²) in [6.07, 6.45) is 4.11. The lowest BCUT2D eigenvalue weighted by atomic mass is 10.3. The molecule has 1 amide bonds. The van der Waals surface area contributed by atoms with Crippen LogP contribution in [0.3, 0.4) is 0 Å². The van der Waals surface area contributed by atoms with E-state index >= 15 is 0 Å². The zero-order valence-electron chi connectivity index (χ0n) is 12.7. The Kier molecular flexibility index (Phi) is 4.24. The van der Waals surface area contributed by atoms with Gasteiger partial charge >= 0.3 is 5.69 Å². The molecule has 2 aromatic rings. The molecule has 1 atom stereocenters. The third kappa shape index (κ3) is 3.04. The number of nitrogens with zero attached hydrogens (tertiary/aromatic N) is 4. The summed E-state index contributed by atoms with van der Waals surface area (Å²) in [5.41, 5.74) is 0.254. The van der Waals surface area contributed by atoms with Gasteiger partial charge in [0.2, 0.25) is 5.91 Å². The Bertz CT molecular complexity index is 714. The van der Waals surface area contributed by atoms with Crippen molar-refractivity contribution in [2.75, 3.05) is 19.6 Å². The number of amides is 1. The lowest BCUT2D eigenvalue weighted by Gasteiger charge is -2.23. The number of pyridine rings is 1. The van der Waals surface area contributed by atoms with Crippen LogP contribution >= 0.6 is 0 Å². The second-order valence-corrected chi connectivity index (χ2v) is 5.77. The predicted molar refractivity (Wildman–Crippen MR) is 82.7 cm³/mol. The monoisotopic (exact) mass is 303 g/mol. The molecule has 0 aliphatic carbocycles. The first-order chi connectivity index (χ1) is 10.6. The molecule has 2 aromatic heterocycles. The van der Waals surface area contributed by atoms with Crippen LogP contribution in [-0.2, 0) is 11.3 Å². The van der Waals surface area contributed by atoms with Gasteiger partial charge in [0.25, 0.3) is 0 Å². The Labute approximate surface area is 128 Å². The summed E-state index contributed by atoms with van der Waals surface area (Å²) >= 11 is 0. The fourth-order valence-corrected chi connectivity index (χ4v) is 2.84. The van der Waals surface area contributed by atoms with Gasteiger partial charge in [-0.3, -0.25) is 14.1 Å². The number of rotatable bonds is 5. The van der Waals surface area contributed by atoms with Crippen LogP contribution in [0.2, 0.25) is 0 Å². The highest BCUT2D eigenvalue weighted by molar-refractivity contribution is 5.75. The minimum atomic E-state index is -0.293. The molecule has 0 spiro atoms. The van der Waals surface area contributed by atoms with Crippen LogP contribution in [0, 0.1) is 0 Å². The van der Waals surface area contributed by atoms with E-state index in [-0.39, 0.29) is 18.1 Å². The Hall–Kier alpha value is -2.15. The molecule has 118 valence electrons. The molecule has 1 fully saturated rings. The van der Waals surface area contributed by atoms with E-state index in [0.29, 0.717) is 18.2 Å². The lowest BCUT2D eigenvalue weighted by molar-refractivity contribution is -0.122. The first-order valence-electron chi connectivity index (χ1n) is 7.70. The van der Waals surface area contributed by atoms with E-state index < -0.39 is 0 Å². The molecule has 7 heteroatoms. The summed E-state index contributed by atoms with van der Waals surface area (Å²) in [6.45, 7) is 4.86. The molecule has 22 heavy (non-hydrogen) atoms. The van der Waals surface area contributed by atoms with Gasteiger partial charge in [0, 0.05) is 18.8 Å². The van der Waals surface area contributed by atoms with E-state index in [0.717, 1.165) is 13.1 Å². The minimum absolute atomic E-state index is 0.0484. The van der Waals surface area contributed by atoms with Crippen molar-refractivity contribution in [2.45, 2.75) is 32.4 Å². The highest BCUT2D eigenvalue weighted by Gasteiger charge is 2.18. The third-order valence-electron chi connectivity index (χ3n) is 4.14. The molecule has 0 saturated carbocycles. The number of carbonyl (C=O) groups is 1. The summed E-state index contributed by atoms with van der Waals surface area (Å²) in [4.78, 5) is 26.5. The van der Waals surface area contributed by atoms with Crippen molar-refractivity contribution < 1.29 is 4.79 Å². The number of likely N-dealkylation sites (tertiary alicyclic amines) is 1. The molecule has 0 aromatic carbocycles. The minimum Gasteiger partial charge on any atom is -0.353 e. The van der Waals surface area contributed by atoms with Crippen molar-refractivity contribution >= 4 is 11.6 Å². The molecule has 1 saturated heterocycles. The highest BCUT2D eigenvalue weighted by Crippen LogP contribution is 2.10. The number of aromatic nitrogens is 3. The van der Waals surface area contributed by atoms with Crippen LogP contribution in [0.4, 0.5) is 0 Å². The number of fused-ring (bicyclic) bond motifs is 1. The van der Waals surface area contributed by atoms with E-state index in [1.165, 1.54) is 21.9 Å². The van der Waals surface area contributed by atoms with Crippen molar-refractivity contribution in [1.29, 1.82) is 0 Å². The third-order valence-corrected chi connectivity index (χ3v) is 4.14. The van der Waals surface area contributed by atoms with Crippen molar-refractivity contribution in [1.82, 2.24) is 24.4 Å². The van der Waals surface area contributed by atoms with Crippen LogP contribution in [-0.4, -0.2) is 50.7 Å². The Morgan fingerprint density at radius 2 is 2.14 bits per heavy atom. The van der Waals surface area contributed by atoms with Crippen LogP contribution in [0.1, 0.15) is 19.8 Å². The zero-order chi connectivity index (χ0) is 15.5. The number of hydrogen-bond acceptors (Lipinski definition) is 4. The van der Waals surface area contributed by atoms with Gasteiger partial charge in [0.05, 0.1) is 0 Å². The topological polar surface area (TPSA) is 71.6 Å². The second-order valence-electron chi connectivity index (χ2n) is 5.77. The molecule has 0 unspecified atom stereocenters. The van der Waals surface area contributed by atoms with Gasteiger partial charge in [-0.25, -0.2) is 9.48 Å². The number of carbonyl (C=O) groups excluding carboxylic acids is 1. The standard InChI is InChI=1S/C15H21N5O2/c1-12(18-7-4-5-8-18)10-16-14(21)11-20-15(22)19-9-3-2-6-13(19)17-20/h2-3,6,9,12H,4-5,7-8,10-11H2,1H3,(H,16,21)/t12-/m1/s1. The molecule has 0 bridgehead atoms. The maximum Gasteiger partial charge on any atom is 0.350 e. The maximum absolute atomic E-state index is 12.1. The maximum atomic E-state index is 12.1. The first kappa shape index (κ1) is 14.8. The van der Waals surface area contributed by atoms with Crippen LogP contribution in [0.15, 0.2) is 29.2 Å². The molecule has 1 aliphatic rings. The quantitative estimate of drug-likeness (QED) is 0.850. The lowest BCUT2D eigenvalue weighted by Crippen LogP contribution is -2.42. The van der Waals surface area contributed by atoms with Crippen molar-refractivity contribution in [3.05, 3.63) is 34.9 Å². The number of hydrogen-bond donors (Lipinski definition) is 1. The van der Waals surface area contributed by atoms with Crippen molar-refractivity contribution in [3.63, 3.8) is 0 Å². The molecule has 1 N–H and O–H groups in total. The van der Waals surface area contributed by atoms with Gasteiger partial charge < -0.3 is 5.32 Å². The smallest absolute Gasteiger partial charge is 0.350 e. The molecule has 3 rings (SSSR count). The average Bonchev–Trinajstić information content (AvgIpc) is 3.15. The largest absolute Gasteiger partial charge is 0.353 e. The molecule has 3 heterocycles. The summed E-state index contributed by atoms with van der Waals surface area (Å²) < 4.78 is 2.63. The van der Waals surface area contributed by atoms with E-state index in [1.54, 1.807) is 18.3 Å². The van der Waals surface area contributed by atoms with E-state index in [4.69, 9.17) is 0 Å². The molecule has 0 radical (unpaired) electrons. The summed E-state index contributed by atoms with van der Waals surface area (Å²) in [5.74, 6) is -0.184. The van der Waals surface area contributed by atoms with Gasteiger partial charge in [-0.1, -0.05) is 6.07 Å². The highest BCUT2D eigenvalue weighted by atomic mass is 16.2. The predicted octanol–water partition coefficient (Wildman–Crippen LogP) is 0.0965. The molecular formula is C15H21N5O2. The van der Waals surface area contributed by atoms with Gasteiger partial charge in [-0.15, -0.1) is 5.10 Å². The van der Waals surface area contributed by atoms with E-state index in [1.807, 2.05) is 6.07 Å². The summed E-state index contributed by atoms with van der Waals surface area (Å²) in [5, 5.41) is 7.04. The first-order valence-corrected chi connectivity index (χ1v) is 7.70. The summed E-state index contributed by atoms with van der Waals surface area (Å²) in [6, 6.07) is 5.64. The second kappa shape index (κ2) is 6.31.